The van der Waals surface area contributed by atoms with Gasteiger partial charge in [-0.2, -0.15) is 28.2 Å². The molecule has 18 heteroatoms. The van der Waals surface area contributed by atoms with E-state index in [-0.39, 0.29) is 61.5 Å². The molecule has 3 atom stereocenters. The molecule has 1 aromatic carbocycles. The van der Waals surface area contributed by atoms with Gasteiger partial charge in [-0.1, -0.05) is 11.6 Å². The third-order valence-electron chi connectivity index (χ3n) is 10.0. The minimum absolute atomic E-state index is 0.0647. The number of ether oxygens (including phenoxy) is 2. The van der Waals surface area contributed by atoms with E-state index in [1.807, 2.05) is 0 Å². The van der Waals surface area contributed by atoms with Crippen LogP contribution in [-0.2, 0) is 37.0 Å². The van der Waals surface area contributed by atoms with E-state index in [1.54, 1.807) is 4.90 Å². The number of anilines is 2. The van der Waals surface area contributed by atoms with Gasteiger partial charge in [-0.3, -0.25) is 14.4 Å². The smallest absolute Gasteiger partial charge is 0.418 e. The Morgan fingerprint density at radius 3 is 2.70 bits per heavy atom. The molecule has 4 aliphatic rings. The van der Waals surface area contributed by atoms with Gasteiger partial charge in [-0.25, -0.2) is 13.2 Å². The Hall–Kier alpha value is -3.83. The summed E-state index contributed by atoms with van der Waals surface area (Å²) in [6, 6.07) is 0.593. The van der Waals surface area contributed by atoms with Gasteiger partial charge < -0.3 is 25.0 Å². The number of hydrogen-bond donors (Lipinski definition) is 1. The number of benzene rings is 1. The second kappa shape index (κ2) is 12.7. The first-order valence-corrected chi connectivity index (χ1v) is 16.6. The highest BCUT2D eigenvalue weighted by Crippen LogP contribution is 2.46. The summed E-state index contributed by atoms with van der Waals surface area (Å²) in [7, 11) is 2.98. The molecular formula is C32H35ClF6N8O3. The number of carbonyl (C=O) groups is 1. The van der Waals surface area contributed by atoms with Crippen LogP contribution in [0, 0.1) is 11.6 Å². The largest absolute Gasteiger partial charge is 0.461 e. The molecule has 2 saturated heterocycles. The number of halogens is 7. The van der Waals surface area contributed by atoms with Gasteiger partial charge in [0.05, 0.1) is 52.5 Å². The lowest BCUT2D eigenvalue weighted by molar-refractivity contribution is -0.140. The van der Waals surface area contributed by atoms with Crippen LogP contribution < -0.4 is 15.4 Å². The molecule has 3 aromatic rings. The van der Waals surface area contributed by atoms with Crippen LogP contribution in [0.5, 0.6) is 6.01 Å². The van der Waals surface area contributed by atoms with Crippen molar-refractivity contribution < 1.29 is 40.6 Å². The van der Waals surface area contributed by atoms with E-state index in [2.05, 4.69) is 15.0 Å². The molecule has 7 rings (SSSR count). The van der Waals surface area contributed by atoms with Gasteiger partial charge in [0.15, 0.2) is 17.3 Å². The van der Waals surface area contributed by atoms with Crippen molar-refractivity contribution in [1.29, 1.82) is 0 Å². The van der Waals surface area contributed by atoms with E-state index in [0.717, 1.165) is 13.0 Å². The predicted molar refractivity (Wildman–Crippen MR) is 169 cm³/mol. The molecule has 4 aliphatic heterocycles. The van der Waals surface area contributed by atoms with E-state index in [1.165, 1.54) is 23.7 Å². The number of nitrogens with zero attached hydrogens (tertiary/aromatic N) is 7. The van der Waals surface area contributed by atoms with E-state index in [0.29, 0.717) is 44.1 Å². The fraction of sp³-hybridized carbons (Fsp3) is 0.562. The molecule has 0 saturated carbocycles. The van der Waals surface area contributed by atoms with Crippen molar-refractivity contribution in [1.82, 2.24) is 29.5 Å². The Morgan fingerprint density at radius 1 is 1.18 bits per heavy atom. The third-order valence-corrected chi connectivity index (χ3v) is 10.3. The lowest BCUT2D eigenvalue weighted by atomic mass is 9.93. The van der Waals surface area contributed by atoms with E-state index in [9.17, 15) is 22.4 Å². The Balaban J connectivity index is 1.28. The monoisotopic (exact) mass is 728 g/mol. The average molecular weight is 729 g/mol. The number of rotatable bonds is 6. The summed E-state index contributed by atoms with van der Waals surface area (Å²) in [4.78, 5) is 26.9. The first-order chi connectivity index (χ1) is 23.7. The quantitative estimate of drug-likeness (QED) is 0.274. The number of aromatic nitrogens is 4. The lowest BCUT2D eigenvalue weighted by Crippen LogP contribution is -2.43. The first-order valence-electron chi connectivity index (χ1n) is 16.3. The Kier molecular flexibility index (Phi) is 8.82. The van der Waals surface area contributed by atoms with E-state index < -0.39 is 63.4 Å². The fourth-order valence-electron chi connectivity index (χ4n) is 7.66. The number of nitrogens with two attached hydrogens (primary N) is 1. The van der Waals surface area contributed by atoms with Gasteiger partial charge >= 0.3 is 12.2 Å². The van der Waals surface area contributed by atoms with Gasteiger partial charge in [0, 0.05) is 57.7 Å². The lowest BCUT2D eigenvalue weighted by Gasteiger charge is -2.33. The minimum atomic E-state index is -5.02. The van der Waals surface area contributed by atoms with Gasteiger partial charge in [-0.05, 0) is 31.9 Å². The zero-order valence-electron chi connectivity index (χ0n) is 27.3. The highest BCUT2D eigenvalue weighted by Gasteiger charge is 2.49. The van der Waals surface area contributed by atoms with E-state index in [4.69, 9.17) is 31.8 Å². The van der Waals surface area contributed by atoms with Crippen LogP contribution in [-0.4, -0.2) is 87.5 Å². The molecule has 0 aliphatic carbocycles. The number of amides is 1. The van der Waals surface area contributed by atoms with Crippen LogP contribution >= 0.6 is 11.6 Å². The zero-order chi connectivity index (χ0) is 35.7. The van der Waals surface area contributed by atoms with Gasteiger partial charge in [0.2, 0.25) is 0 Å². The summed E-state index contributed by atoms with van der Waals surface area (Å²) in [6.45, 7) is 1.34. The van der Waals surface area contributed by atoms with Crippen LogP contribution in [0.3, 0.4) is 0 Å². The van der Waals surface area contributed by atoms with Crippen molar-refractivity contribution in [2.45, 2.75) is 75.8 Å². The summed E-state index contributed by atoms with van der Waals surface area (Å²) >= 11 is 5.96. The summed E-state index contributed by atoms with van der Waals surface area (Å²) in [5.74, 6) is -2.40. The minimum Gasteiger partial charge on any atom is -0.461 e. The number of alkyl halides is 4. The van der Waals surface area contributed by atoms with Gasteiger partial charge in [0.1, 0.15) is 18.6 Å². The second-order valence-corrected chi connectivity index (χ2v) is 13.9. The SMILES string of the molecule is CN(C)C(=O)c1nn2c(c1F)CN(c1nc(OC[C@@]34CCCN3C[C@H](F)C4)nc3c1COC(c1c(F)c(N)cc(Cl)c1C(F)(F)F)C3)CCC2. The van der Waals surface area contributed by atoms with Crippen molar-refractivity contribution in [2.24, 2.45) is 0 Å². The number of nitrogen functional groups attached to an aromatic ring is 1. The molecule has 2 aromatic heterocycles. The summed E-state index contributed by atoms with van der Waals surface area (Å²) in [5.41, 5.74) is 2.79. The maximum Gasteiger partial charge on any atom is 0.418 e. The highest BCUT2D eigenvalue weighted by molar-refractivity contribution is 6.31. The zero-order valence-corrected chi connectivity index (χ0v) is 28.1. The van der Waals surface area contributed by atoms with Gasteiger partial charge in [-0.15, -0.1) is 0 Å². The predicted octanol–water partition coefficient (Wildman–Crippen LogP) is 5.09. The second-order valence-electron chi connectivity index (χ2n) is 13.5. The number of carbonyl (C=O) groups excluding carboxylic acids is 1. The van der Waals surface area contributed by atoms with Crippen molar-refractivity contribution in [3.8, 4) is 6.01 Å². The van der Waals surface area contributed by atoms with Crippen LogP contribution in [0.15, 0.2) is 6.07 Å². The molecule has 50 heavy (non-hydrogen) atoms. The Bertz CT molecular complexity index is 1840. The third kappa shape index (κ3) is 6.00. The molecule has 6 heterocycles. The summed E-state index contributed by atoms with van der Waals surface area (Å²) in [6.07, 6.45) is -5.52. The van der Waals surface area contributed by atoms with Crippen LogP contribution in [0.25, 0.3) is 0 Å². The molecule has 0 radical (unpaired) electrons. The maximum atomic E-state index is 15.7. The topological polar surface area (TPSA) is 115 Å². The standard InChI is InChI=1S/C32H35ClF6N8O3/c1-44(2)29(48)27-26(36)21-13-45(6-4-8-47(21)43-27)28-17-14-49-22(23-24(32(37,38)39)18(33)9-19(40)25(23)35)10-20(17)41-30(42-28)50-15-31-5-3-7-46(31)12-16(34)11-31/h9,16,22H,3-8,10-15,40H2,1-2H3/t16-,22?,31+/m1/s1. The molecule has 2 fully saturated rings. The van der Waals surface area contributed by atoms with Crippen molar-refractivity contribution >= 4 is 29.0 Å². The van der Waals surface area contributed by atoms with Gasteiger partial charge in [0.25, 0.3) is 5.91 Å². The average Bonchev–Trinajstić information content (AvgIpc) is 3.62. The number of fused-ring (bicyclic) bond motifs is 3. The van der Waals surface area contributed by atoms with Crippen molar-refractivity contribution in [3.05, 3.63) is 56.5 Å². The summed E-state index contributed by atoms with van der Waals surface area (Å²) < 4.78 is 102. The molecule has 0 spiro atoms. The maximum absolute atomic E-state index is 15.7. The fourth-order valence-corrected chi connectivity index (χ4v) is 7.98. The molecular weight excluding hydrogens is 694 g/mol. The van der Waals surface area contributed by atoms with Crippen LogP contribution in [0.2, 0.25) is 5.02 Å². The van der Waals surface area contributed by atoms with Crippen LogP contribution in [0.4, 0.5) is 37.8 Å². The molecule has 11 nitrogen and oxygen atoms in total. The molecule has 0 bridgehead atoms. The van der Waals surface area contributed by atoms with Crippen molar-refractivity contribution in [3.63, 3.8) is 0 Å². The Morgan fingerprint density at radius 2 is 1.96 bits per heavy atom. The molecule has 2 N–H and O–H groups in total. The normalized spacial score (nSPS) is 23.7. The summed E-state index contributed by atoms with van der Waals surface area (Å²) in [5, 5.41) is 3.45. The Labute approximate surface area is 288 Å². The highest BCUT2D eigenvalue weighted by atomic mass is 35.5. The molecule has 1 amide bonds. The van der Waals surface area contributed by atoms with E-state index >= 15 is 8.78 Å². The van der Waals surface area contributed by atoms with Crippen LogP contribution in [0.1, 0.15) is 70.4 Å². The van der Waals surface area contributed by atoms with Crippen molar-refractivity contribution in [2.75, 3.05) is 51.0 Å². The molecule has 1 unspecified atom stereocenters. The number of hydrogen-bond acceptors (Lipinski definition) is 9. The number of aryl methyl sites for hydroxylation is 1. The first kappa shape index (κ1) is 34.6. The molecule has 270 valence electrons.